The van der Waals surface area contributed by atoms with Crippen molar-refractivity contribution in [1.82, 2.24) is 14.6 Å². The van der Waals surface area contributed by atoms with Gasteiger partial charge in [-0.3, -0.25) is 9.78 Å². The zero-order valence-electron chi connectivity index (χ0n) is 15.2. The molecule has 0 atom stereocenters. The van der Waals surface area contributed by atoms with Gasteiger partial charge in [-0.2, -0.15) is 5.10 Å². The normalized spacial score (nSPS) is 11.0. The van der Waals surface area contributed by atoms with Gasteiger partial charge in [0.2, 0.25) is 0 Å². The van der Waals surface area contributed by atoms with Crippen molar-refractivity contribution in [2.75, 3.05) is 6.61 Å². The Balaban J connectivity index is 2.28. The van der Waals surface area contributed by atoms with E-state index in [0.717, 1.165) is 45.6 Å². The second-order valence-corrected chi connectivity index (χ2v) is 6.15. The molecule has 0 aromatic carbocycles. The summed E-state index contributed by atoms with van der Waals surface area (Å²) in [5.74, 6) is -0.235. The highest BCUT2D eigenvalue weighted by molar-refractivity contribution is 5.87. The fourth-order valence-electron chi connectivity index (χ4n) is 3.18. The van der Waals surface area contributed by atoms with Crippen molar-refractivity contribution in [3.05, 3.63) is 53.1 Å². The molecule has 3 aromatic rings. The van der Waals surface area contributed by atoms with Gasteiger partial charge in [0, 0.05) is 29.2 Å². The predicted molar refractivity (Wildman–Crippen MR) is 97.6 cm³/mol. The van der Waals surface area contributed by atoms with Crippen LogP contribution in [0.1, 0.15) is 36.4 Å². The van der Waals surface area contributed by atoms with Crippen molar-refractivity contribution < 1.29 is 9.53 Å². The molecule has 3 rings (SSSR count). The summed E-state index contributed by atoms with van der Waals surface area (Å²) in [6.45, 7) is 8.26. The van der Waals surface area contributed by atoms with Gasteiger partial charge in [-0.1, -0.05) is 6.92 Å². The quantitative estimate of drug-likeness (QED) is 0.667. The molecule has 3 aromatic heterocycles. The molecule has 0 saturated heterocycles. The Morgan fingerprint density at radius 3 is 2.68 bits per heavy atom. The lowest BCUT2D eigenvalue weighted by molar-refractivity contribution is -0.142. The standard InChI is InChI=1S/C20H23N3O2/c1-5-16-7-8-18-20(15-9-13(3)11-21-12-15)17(10-19(24)25-6-2)14(4)22-23(16)18/h7-9,11-12H,5-6,10H2,1-4H3. The highest BCUT2D eigenvalue weighted by Crippen LogP contribution is 2.32. The largest absolute Gasteiger partial charge is 0.466 e. The second kappa shape index (κ2) is 7.05. The summed E-state index contributed by atoms with van der Waals surface area (Å²) >= 11 is 0. The molecule has 0 unspecified atom stereocenters. The third-order valence-electron chi connectivity index (χ3n) is 4.33. The number of carbonyl (C=O) groups excluding carboxylic acids is 1. The number of carbonyl (C=O) groups is 1. The number of rotatable bonds is 5. The molecule has 5 nitrogen and oxygen atoms in total. The number of pyridine rings is 1. The van der Waals surface area contributed by atoms with Crippen LogP contribution >= 0.6 is 0 Å². The van der Waals surface area contributed by atoms with Crippen LogP contribution in [0.3, 0.4) is 0 Å². The number of ether oxygens (including phenoxy) is 1. The molecule has 0 amide bonds. The van der Waals surface area contributed by atoms with Crippen LogP contribution in [-0.2, 0) is 22.4 Å². The highest BCUT2D eigenvalue weighted by atomic mass is 16.5. The molecule has 25 heavy (non-hydrogen) atoms. The Morgan fingerprint density at radius 2 is 2.00 bits per heavy atom. The zero-order valence-corrected chi connectivity index (χ0v) is 15.2. The molecular weight excluding hydrogens is 314 g/mol. The Hall–Kier alpha value is -2.69. The van der Waals surface area contributed by atoms with Crippen LogP contribution in [0.2, 0.25) is 0 Å². The average molecular weight is 337 g/mol. The van der Waals surface area contributed by atoms with Gasteiger partial charge in [0.1, 0.15) is 0 Å². The van der Waals surface area contributed by atoms with Gasteiger partial charge in [-0.05, 0) is 56.5 Å². The molecule has 0 fully saturated rings. The molecule has 5 heteroatoms. The van der Waals surface area contributed by atoms with E-state index in [0.29, 0.717) is 6.61 Å². The maximum absolute atomic E-state index is 12.1. The fourth-order valence-corrected chi connectivity index (χ4v) is 3.18. The third-order valence-corrected chi connectivity index (χ3v) is 4.33. The van der Waals surface area contributed by atoms with Crippen molar-refractivity contribution in [3.8, 4) is 11.1 Å². The SMILES string of the molecule is CCOC(=O)Cc1c(C)nn2c(CC)ccc2c1-c1cncc(C)c1. The fraction of sp³-hybridized carbons (Fsp3) is 0.350. The van der Waals surface area contributed by atoms with Gasteiger partial charge in [0.05, 0.1) is 24.2 Å². The van der Waals surface area contributed by atoms with Crippen molar-refractivity contribution in [2.45, 2.75) is 40.5 Å². The van der Waals surface area contributed by atoms with Crippen molar-refractivity contribution in [2.24, 2.45) is 0 Å². The summed E-state index contributed by atoms with van der Waals surface area (Å²) in [6, 6.07) is 6.25. The minimum atomic E-state index is -0.235. The summed E-state index contributed by atoms with van der Waals surface area (Å²) < 4.78 is 7.14. The van der Waals surface area contributed by atoms with Crippen LogP contribution in [-0.4, -0.2) is 27.2 Å². The van der Waals surface area contributed by atoms with Gasteiger partial charge < -0.3 is 4.74 Å². The maximum atomic E-state index is 12.1. The molecule has 0 N–H and O–H groups in total. The number of fused-ring (bicyclic) bond motifs is 1. The second-order valence-electron chi connectivity index (χ2n) is 6.15. The summed E-state index contributed by atoms with van der Waals surface area (Å²) in [5, 5.41) is 4.72. The molecule has 3 heterocycles. The van der Waals surface area contributed by atoms with E-state index in [4.69, 9.17) is 9.84 Å². The lowest BCUT2D eigenvalue weighted by atomic mass is 9.97. The Labute approximate surface area is 147 Å². The molecule has 0 saturated carbocycles. The number of nitrogens with zero attached hydrogens (tertiary/aromatic N) is 3. The first-order valence-electron chi connectivity index (χ1n) is 8.62. The minimum absolute atomic E-state index is 0.207. The van der Waals surface area contributed by atoms with Gasteiger partial charge in [-0.15, -0.1) is 0 Å². The first-order chi connectivity index (χ1) is 12.0. The predicted octanol–water partition coefficient (Wildman–Crippen LogP) is 3.68. The van der Waals surface area contributed by atoms with Crippen LogP contribution in [0.25, 0.3) is 16.6 Å². The lowest BCUT2D eigenvalue weighted by Crippen LogP contribution is -2.13. The summed E-state index contributed by atoms with van der Waals surface area (Å²) in [6.07, 6.45) is 4.77. The van der Waals surface area contributed by atoms with E-state index in [9.17, 15) is 4.79 Å². The molecule has 0 aliphatic carbocycles. The molecule has 0 aliphatic rings. The Kier molecular flexibility index (Phi) is 4.83. The lowest BCUT2D eigenvalue weighted by Gasteiger charge is -2.15. The molecule has 0 radical (unpaired) electrons. The molecular formula is C20H23N3O2. The van der Waals surface area contributed by atoms with E-state index >= 15 is 0 Å². The van der Waals surface area contributed by atoms with Crippen LogP contribution in [0, 0.1) is 13.8 Å². The van der Waals surface area contributed by atoms with Gasteiger partial charge in [0.15, 0.2) is 0 Å². The van der Waals surface area contributed by atoms with Crippen LogP contribution in [0.4, 0.5) is 0 Å². The highest BCUT2D eigenvalue weighted by Gasteiger charge is 2.19. The summed E-state index contributed by atoms with van der Waals surface area (Å²) in [7, 11) is 0. The summed E-state index contributed by atoms with van der Waals surface area (Å²) in [5.41, 5.74) is 6.96. The number of hydrogen-bond donors (Lipinski definition) is 0. The maximum Gasteiger partial charge on any atom is 0.310 e. The Bertz CT molecular complexity index is 928. The van der Waals surface area contributed by atoms with Gasteiger partial charge in [0.25, 0.3) is 0 Å². The minimum Gasteiger partial charge on any atom is -0.466 e. The topological polar surface area (TPSA) is 56.5 Å². The zero-order chi connectivity index (χ0) is 18.0. The van der Waals surface area contributed by atoms with E-state index in [1.165, 1.54) is 0 Å². The molecule has 0 bridgehead atoms. The summed E-state index contributed by atoms with van der Waals surface area (Å²) in [4.78, 5) is 16.5. The third kappa shape index (κ3) is 3.27. The first-order valence-corrected chi connectivity index (χ1v) is 8.62. The smallest absolute Gasteiger partial charge is 0.310 e. The van der Waals surface area contributed by atoms with E-state index in [-0.39, 0.29) is 12.4 Å². The van der Waals surface area contributed by atoms with Crippen molar-refractivity contribution >= 4 is 11.5 Å². The number of aromatic nitrogens is 3. The van der Waals surface area contributed by atoms with E-state index < -0.39 is 0 Å². The van der Waals surface area contributed by atoms with Gasteiger partial charge >= 0.3 is 5.97 Å². The van der Waals surface area contributed by atoms with E-state index in [2.05, 4.69) is 30.1 Å². The number of hydrogen-bond acceptors (Lipinski definition) is 4. The van der Waals surface area contributed by atoms with Crippen molar-refractivity contribution in [1.29, 1.82) is 0 Å². The van der Waals surface area contributed by atoms with E-state index in [1.54, 1.807) is 0 Å². The van der Waals surface area contributed by atoms with Gasteiger partial charge in [-0.25, -0.2) is 4.52 Å². The van der Waals surface area contributed by atoms with E-state index in [1.807, 2.05) is 37.7 Å². The van der Waals surface area contributed by atoms with Crippen molar-refractivity contribution in [3.63, 3.8) is 0 Å². The van der Waals surface area contributed by atoms with Crippen LogP contribution in [0.5, 0.6) is 0 Å². The average Bonchev–Trinajstić information content (AvgIpc) is 2.98. The number of aryl methyl sites for hydroxylation is 3. The monoisotopic (exact) mass is 337 g/mol. The van der Waals surface area contributed by atoms with Crippen LogP contribution in [0.15, 0.2) is 30.6 Å². The number of esters is 1. The Morgan fingerprint density at radius 1 is 1.20 bits per heavy atom. The van der Waals surface area contributed by atoms with Crippen LogP contribution < -0.4 is 0 Å². The molecule has 0 aliphatic heterocycles. The molecule has 0 spiro atoms. The first kappa shape index (κ1) is 17.1. The molecule has 130 valence electrons.